The lowest BCUT2D eigenvalue weighted by Gasteiger charge is -1.99. The molecular weight excluding hydrogens is 236 g/mol. The molecule has 13 heavy (non-hydrogen) atoms. The Hall–Kier alpha value is -1.17. The Balaban J connectivity index is 2.88. The summed E-state index contributed by atoms with van der Waals surface area (Å²) >= 11 is 3.32. The number of fused-ring (bicyclic) bond motifs is 1. The zero-order valence-electron chi connectivity index (χ0n) is 7.15. The Morgan fingerprint density at radius 1 is 1.54 bits per heavy atom. The smallest absolute Gasteiger partial charge is 0.244 e. The fraction of sp³-hybridized carbons (Fsp3) is 0.286. The standard InChI is InChI=1S/C7H7BrN4O/c1-4-11-6(8)5-7(13-2)9-3-10-12(4)5/h3H,1-2H3. The van der Waals surface area contributed by atoms with E-state index < -0.39 is 0 Å². The molecule has 0 amide bonds. The van der Waals surface area contributed by atoms with Crippen molar-refractivity contribution in [2.45, 2.75) is 6.92 Å². The summed E-state index contributed by atoms with van der Waals surface area (Å²) in [5.41, 5.74) is 0.752. The van der Waals surface area contributed by atoms with Crippen molar-refractivity contribution in [3.05, 3.63) is 16.8 Å². The van der Waals surface area contributed by atoms with Gasteiger partial charge in [0.2, 0.25) is 5.88 Å². The summed E-state index contributed by atoms with van der Waals surface area (Å²) in [5.74, 6) is 1.31. The van der Waals surface area contributed by atoms with Gasteiger partial charge in [-0.25, -0.2) is 9.50 Å². The molecule has 0 unspecified atom stereocenters. The van der Waals surface area contributed by atoms with Gasteiger partial charge in [0.25, 0.3) is 0 Å². The molecule has 0 fully saturated rings. The van der Waals surface area contributed by atoms with Gasteiger partial charge in [-0.2, -0.15) is 10.1 Å². The first-order valence-electron chi connectivity index (χ1n) is 3.64. The number of hydrogen-bond acceptors (Lipinski definition) is 4. The zero-order chi connectivity index (χ0) is 9.42. The lowest BCUT2D eigenvalue weighted by molar-refractivity contribution is 0.398. The highest BCUT2D eigenvalue weighted by atomic mass is 79.9. The number of methoxy groups -OCH3 is 1. The van der Waals surface area contributed by atoms with Gasteiger partial charge < -0.3 is 4.74 Å². The maximum absolute atomic E-state index is 5.08. The number of aromatic nitrogens is 4. The highest BCUT2D eigenvalue weighted by Gasteiger charge is 2.12. The first-order valence-corrected chi connectivity index (χ1v) is 4.43. The number of imidazole rings is 1. The van der Waals surface area contributed by atoms with Crippen molar-refractivity contribution >= 4 is 21.4 Å². The van der Waals surface area contributed by atoms with Crippen LogP contribution in [0, 0.1) is 6.92 Å². The lowest BCUT2D eigenvalue weighted by Crippen LogP contribution is -1.98. The summed E-state index contributed by atoms with van der Waals surface area (Å²) in [6.07, 6.45) is 1.44. The van der Waals surface area contributed by atoms with Crippen molar-refractivity contribution in [1.82, 2.24) is 19.6 Å². The second kappa shape index (κ2) is 2.95. The first-order chi connectivity index (χ1) is 6.24. The molecule has 0 aromatic carbocycles. The van der Waals surface area contributed by atoms with Crippen LogP contribution < -0.4 is 4.74 Å². The molecule has 0 saturated heterocycles. The number of nitrogens with zero attached hydrogens (tertiary/aromatic N) is 4. The Kier molecular flexibility index (Phi) is 1.91. The fourth-order valence-corrected chi connectivity index (χ4v) is 1.75. The highest BCUT2D eigenvalue weighted by molar-refractivity contribution is 9.10. The van der Waals surface area contributed by atoms with Gasteiger partial charge in [0, 0.05) is 0 Å². The van der Waals surface area contributed by atoms with Crippen LogP contribution >= 0.6 is 15.9 Å². The molecule has 0 N–H and O–H groups in total. The van der Waals surface area contributed by atoms with E-state index in [0.29, 0.717) is 10.5 Å². The van der Waals surface area contributed by atoms with Gasteiger partial charge in [-0.3, -0.25) is 0 Å². The number of ether oxygens (including phenoxy) is 1. The van der Waals surface area contributed by atoms with E-state index in [1.54, 1.807) is 11.6 Å². The van der Waals surface area contributed by atoms with E-state index in [2.05, 4.69) is 31.0 Å². The number of rotatable bonds is 1. The predicted molar refractivity (Wildman–Crippen MR) is 49.8 cm³/mol. The third kappa shape index (κ3) is 1.17. The summed E-state index contributed by atoms with van der Waals surface area (Å²) in [6.45, 7) is 1.87. The minimum atomic E-state index is 0.516. The minimum Gasteiger partial charge on any atom is -0.479 e. The minimum absolute atomic E-state index is 0.516. The third-order valence-electron chi connectivity index (χ3n) is 1.71. The van der Waals surface area contributed by atoms with Crippen LogP contribution in [0.4, 0.5) is 0 Å². The SMILES string of the molecule is COc1ncnn2c(C)nc(Br)c12. The molecule has 0 saturated carbocycles. The van der Waals surface area contributed by atoms with Crippen LogP contribution in [0.25, 0.3) is 5.52 Å². The molecule has 5 nitrogen and oxygen atoms in total. The quantitative estimate of drug-likeness (QED) is 0.755. The highest BCUT2D eigenvalue weighted by Crippen LogP contribution is 2.24. The van der Waals surface area contributed by atoms with Crippen molar-refractivity contribution in [3.63, 3.8) is 0 Å². The molecule has 2 heterocycles. The molecule has 2 aromatic heterocycles. The molecule has 6 heteroatoms. The fourth-order valence-electron chi connectivity index (χ4n) is 1.15. The Bertz CT molecular complexity index is 453. The van der Waals surface area contributed by atoms with E-state index >= 15 is 0 Å². The van der Waals surface area contributed by atoms with Crippen LogP contribution in [0.2, 0.25) is 0 Å². The van der Waals surface area contributed by atoms with E-state index in [4.69, 9.17) is 4.74 Å². The van der Waals surface area contributed by atoms with Gasteiger partial charge in [-0.05, 0) is 22.9 Å². The van der Waals surface area contributed by atoms with Crippen molar-refractivity contribution in [2.75, 3.05) is 7.11 Å². The first kappa shape index (κ1) is 8.43. The molecular formula is C7H7BrN4O. The molecule has 0 radical (unpaired) electrons. The third-order valence-corrected chi connectivity index (χ3v) is 2.26. The van der Waals surface area contributed by atoms with Gasteiger partial charge in [0.05, 0.1) is 7.11 Å². The second-order valence-corrected chi connectivity index (χ2v) is 3.23. The Morgan fingerprint density at radius 3 is 3.00 bits per heavy atom. The van der Waals surface area contributed by atoms with E-state index in [1.165, 1.54) is 6.33 Å². The molecule has 0 atom stereocenters. The topological polar surface area (TPSA) is 52.3 Å². The van der Waals surface area contributed by atoms with Gasteiger partial charge in [0.15, 0.2) is 5.52 Å². The van der Waals surface area contributed by atoms with Crippen LogP contribution in [0.3, 0.4) is 0 Å². The summed E-state index contributed by atoms with van der Waals surface area (Å²) in [6, 6.07) is 0. The van der Waals surface area contributed by atoms with Gasteiger partial charge in [-0.1, -0.05) is 0 Å². The van der Waals surface area contributed by atoms with Gasteiger partial charge in [0.1, 0.15) is 16.8 Å². The molecule has 2 rings (SSSR count). The van der Waals surface area contributed by atoms with Crippen LogP contribution in [-0.4, -0.2) is 26.7 Å². The van der Waals surface area contributed by atoms with Crippen molar-refractivity contribution in [2.24, 2.45) is 0 Å². The molecule has 68 valence electrons. The normalized spacial score (nSPS) is 10.7. The van der Waals surface area contributed by atoms with Crippen LogP contribution in [0.1, 0.15) is 5.82 Å². The lowest BCUT2D eigenvalue weighted by atomic mass is 10.6. The van der Waals surface area contributed by atoms with E-state index in [0.717, 1.165) is 11.3 Å². The average Bonchev–Trinajstić information content (AvgIpc) is 2.43. The molecule has 0 spiro atoms. The zero-order valence-corrected chi connectivity index (χ0v) is 8.74. The van der Waals surface area contributed by atoms with E-state index in [9.17, 15) is 0 Å². The molecule has 0 aliphatic rings. The largest absolute Gasteiger partial charge is 0.479 e. The Morgan fingerprint density at radius 2 is 2.31 bits per heavy atom. The average molecular weight is 243 g/mol. The van der Waals surface area contributed by atoms with Crippen molar-refractivity contribution in [3.8, 4) is 5.88 Å². The predicted octanol–water partition coefficient (Wildman–Crippen LogP) is 1.20. The van der Waals surface area contributed by atoms with E-state index in [-0.39, 0.29) is 0 Å². The number of aryl methyl sites for hydroxylation is 1. The molecule has 0 bridgehead atoms. The summed E-state index contributed by atoms with van der Waals surface area (Å²) in [7, 11) is 1.57. The van der Waals surface area contributed by atoms with Crippen LogP contribution in [0.15, 0.2) is 10.9 Å². The molecule has 2 aromatic rings. The maximum Gasteiger partial charge on any atom is 0.244 e. The van der Waals surface area contributed by atoms with Crippen molar-refractivity contribution in [1.29, 1.82) is 0 Å². The summed E-state index contributed by atoms with van der Waals surface area (Å²) in [5, 5.41) is 4.04. The monoisotopic (exact) mass is 242 g/mol. The van der Waals surface area contributed by atoms with Crippen LogP contribution in [0.5, 0.6) is 5.88 Å². The van der Waals surface area contributed by atoms with Crippen molar-refractivity contribution < 1.29 is 4.74 Å². The van der Waals surface area contributed by atoms with Gasteiger partial charge in [-0.15, -0.1) is 0 Å². The van der Waals surface area contributed by atoms with E-state index in [1.807, 2.05) is 6.92 Å². The van der Waals surface area contributed by atoms with Gasteiger partial charge >= 0.3 is 0 Å². The molecule has 0 aliphatic carbocycles. The number of hydrogen-bond donors (Lipinski definition) is 0. The second-order valence-electron chi connectivity index (χ2n) is 2.48. The summed E-state index contributed by atoms with van der Waals surface area (Å²) < 4.78 is 7.45. The maximum atomic E-state index is 5.08. The number of halogens is 1. The van der Waals surface area contributed by atoms with Crippen LogP contribution in [-0.2, 0) is 0 Å². The Labute approximate surface area is 82.9 Å². The molecule has 0 aliphatic heterocycles. The summed E-state index contributed by atoms with van der Waals surface area (Å²) in [4.78, 5) is 8.17.